The molecule has 0 aromatic heterocycles. The molecule has 2 heterocycles. The van der Waals surface area contributed by atoms with Crippen molar-refractivity contribution in [2.45, 2.75) is 50.3 Å². The second kappa shape index (κ2) is 12.8. The van der Waals surface area contributed by atoms with Crippen molar-refractivity contribution >= 4 is 11.7 Å². The first-order chi connectivity index (χ1) is 27.5. The maximum absolute atomic E-state index is 7.13. The van der Waals surface area contributed by atoms with Gasteiger partial charge >= 0.3 is 0 Å². The van der Waals surface area contributed by atoms with E-state index >= 15 is 0 Å². The molecule has 0 saturated carbocycles. The molecule has 11 rings (SSSR count). The van der Waals surface area contributed by atoms with Gasteiger partial charge < -0.3 is 10.1 Å². The van der Waals surface area contributed by atoms with E-state index < -0.39 is 0 Å². The molecule has 0 amide bonds. The zero-order valence-electron chi connectivity index (χ0n) is 31.5. The van der Waals surface area contributed by atoms with Gasteiger partial charge in [-0.15, -0.1) is 0 Å². The summed E-state index contributed by atoms with van der Waals surface area (Å²) in [5.74, 6) is 2.66. The molecular weight excluding hydrogens is 683 g/mol. The van der Waals surface area contributed by atoms with Crippen LogP contribution in [-0.4, -0.2) is 23.9 Å². The third-order valence-corrected chi connectivity index (χ3v) is 12.4. The van der Waals surface area contributed by atoms with Crippen molar-refractivity contribution in [3.63, 3.8) is 0 Å². The molecule has 5 aliphatic rings. The van der Waals surface area contributed by atoms with Gasteiger partial charge in [0.1, 0.15) is 23.9 Å². The summed E-state index contributed by atoms with van der Waals surface area (Å²) in [5.41, 5.74) is 17.2. The summed E-state index contributed by atoms with van der Waals surface area (Å²) in [5, 5.41) is 3.77. The lowest BCUT2D eigenvalue weighted by atomic mass is 9.74. The van der Waals surface area contributed by atoms with Crippen molar-refractivity contribution < 1.29 is 4.74 Å². The number of para-hydroxylation sites is 1. The van der Waals surface area contributed by atoms with Crippen molar-refractivity contribution in [3.8, 4) is 39.1 Å². The van der Waals surface area contributed by atoms with Crippen LogP contribution in [0, 0.1) is 0 Å². The zero-order chi connectivity index (χ0) is 37.4. The highest BCUT2D eigenvalue weighted by atomic mass is 16.5. The fourth-order valence-electron chi connectivity index (χ4n) is 9.63. The number of benzene rings is 6. The molecule has 3 atom stereocenters. The predicted octanol–water partition coefficient (Wildman–Crippen LogP) is 11.6. The molecule has 3 unspecified atom stereocenters. The summed E-state index contributed by atoms with van der Waals surface area (Å²) in [6.07, 6.45) is 8.53. The maximum Gasteiger partial charge on any atom is 0.159 e. The summed E-state index contributed by atoms with van der Waals surface area (Å²) >= 11 is 0. The molecule has 56 heavy (non-hydrogen) atoms. The Bertz CT molecular complexity index is 2720. The number of allylic oxidation sites excluding steroid dienone is 2. The van der Waals surface area contributed by atoms with E-state index in [0.29, 0.717) is 0 Å². The minimum Gasteiger partial charge on any atom is -0.484 e. The van der Waals surface area contributed by atoms with E-state index in [1.807, 2.05) is 6.07 Å². The van der Waals surface area contributed by atoms with Gasteiger partial charge in [0.15, 0.2) is 5.84 Å². The number of rotatable bonds is 5. The Morgan fingerprint density at radius 3 is 2.14 bits per heavy atom. The standard InChI is InChI=1S/C52H41N3O/c1-52(2)44-23-12-11-19-39(44)40-29-28-36(30-45(40)52)37-21-13-22-42-47-41-20-10-9-18-38(41)43(31-46(47)56-48(37)42)51-54-49(34-16-7-4-8-17-34)53-50(55-51)35-26-24-33(25-27-35)32-14-5-3-6-15-32/h3-8,10-17,19-31,46-47,51H,9,18H2,1-2H3,(H,53,54,55). The van der Waals surface area contributed by atoms with Crippen molar-refractivity contribution in [2.24, 2.45) is 9.98 Å². The second-order valence-electron chi connectivity index (χ2n) is 16.0. The number of fused-ring (bicyclic) bond motifs is 7. The van der Waals surface area contributed by atoms with E-state index in [2.05, 4.69) is 177 Å². The van der Waals surface area contributed by atoms with E-state index in [9.17, 15) is 0 Å². The molecule has 0 bridgehead atoms. The number of aliphatic imine (C=N–C) groups is 2. The molecule has 0 saturated heterocycles. The van der Waals surface area contributed by atoms with Crippen molar-refractivity contribution in [2.75, 3.05) is 0 Å². The SMILES string of the molecule is CC1(C)c2ccccc2-c2ccc(-c3cccc4c3OC3C=C(C5N=C(c6ccc(-c7ccccc7)cc6)N=C(c6ccccc6)N5)C5=C(C=CCC5)C43)cc21. The van der Waals surface area contributed by atoms with Crippen LogP contribution < -0.4 is 10.1 Å². The normalized spacial score (nSPS) is 21.0. The monoisotopic (exact) mass is 723 g/mol. The summed E-state index contributed by atoms with van der Waals surface area (Å²) in [6, 6.07) is 52.1. The van der Waals surface area contributed by atoms with Gasteiger partial charge in [-0.2, -0.15) is 0 Å². The highest BCUT2D eigenvalue weighted by molar-refractivity contribution is 6.13. The van der Waals surface area contributed by atoms with E-state index in [4.69, 9.17) is 14.7 Å². The zero-order valence-corrected chi connectivity index (χ0v) is 31.5. The highest BCUT2D eigenvalue weighted by Gasteiger charge is 2.43. The lowest BCUT2D eigenvalue weighted by Gasteiger charge is -2.34. The van der Waals surface area contributed by atoms with E-state index in [-0.39, 0.29) is 23.6 Å². The fourth-order valence-corrected chi connectivity index (χ4v) is 9.63. The van der Waals surface area contributed by atoms with Crippen LogP contribution in [0.5, 0.6) is 5.75 Å². The number of amidine groups is 2. The minimum absolute atomic E-state index is 0.0722. The lowest BCUT2D eigenvalue weighted by Crippen LogP contribution is -2.42. The number of nitrogens with zero attached hydrogens (tertiary/aromatic N) is 2. The Labute approximate surface area is 328 Å². The largest absolute Gasteiger partial charge is 0.484 e. The molecule has 3 aliphatic carbocycles. The van der Waals surface area contributed by atoms with Crippen molar-refractivity contribution in [1.82, 2.24) is 5.32 Å². The van der Waals surface area contributed by atoms with Gasteiger partial charge in [-0.05, 0) is 80.6 Å². The van der Waals surface area contributed by atoms with Gasteiger partial charge in [0.25, 0.3) is 0 Å². The van der Waals surface area contributed by atoms with Crippen LogP contribution in [0.2, 0.25) is 0 Å². The first-order valence-corrected chi connectivity index (χ1v) is 19.8. The minimum atomic E-state index is -0.323. The van der Waals surface area contributed by atoms with Gasteiger partial charge in [-0.25, -0.2) is 9.98 Å². The number of hydrogen-bond donors (Lipinski definition) is 1. The fraction of sp³-hybridized carbons (Fsp3) is 0.154. The number of ether oxygens (including phenoxy) is 1. The third kappa shape index (κ3) is 5.20. The third-order valence-electron chi connectivity index (χ3n) is 12.4. The molecule has 1 N–H and O–H groups in total. The summed E-state index contributed by atoms with van der Waals surface area (Å²) < 4.78 is 7.13. The Morgan fingerprint density at radius 1 is 0.643 bits per heavy atom. The van der Waals surface area contributed by atoms with Crippen LogP contribution in [0.15, 0.2) is 191 Å². The van der Waals surface area contributed by atoms with Crippen LogP contribution >= 0.6 is 0 Å². The van der Waals surface area contributed by atoms with Gasteiger partial charge in [-0.1, -0.05) is 166 Å². The lowest BCUT2D eigenvalue weighted by molar-refractivity contribution is 0.263. The van der Waals surface area contributed by atoms with E-state index in [0.717, 1.165) is 47.0 Å². The molecule has 4 nitrogen and oxygen atoms in total. The van der Waals surface area contributed by atoms with Gasteiger partial charge in [0, 0.05) is 27.7 Å². The molecule has 6 aromatic rings. The number of hydrogen-bond acceptors (Lipinski definition) is 4. The molecule has 6 aromatic carbocycles. The van der Waals surface area contributed by atoms with E-state index in [1.165, 1.54) is 61.2 Å². The molecule has 270 valence electrons. The summed E-state index contributed by atoms with van der Waals surface area (Å²) in [4.78, 5) is 10.5. The van der Waals surface area contributed by atoms with E-state index in [1.54, 1.807) is 0 Å². The van der Waals surface area contributed by atoms with Crippen LogP contribution in [0.1, 0.15) is 60.4 Å². The smallest absolute Gasteiger partial charge is 0.159 e. The average molecular weight is 724 g/mol. The molecule has 0 radical (unpaired) electrons. The van der Waals surface area contributed by atoms with Crippen LogP contribution in [0.3, 0.4) is 0 Å². The highest BCUT2D eigenvalue weighted by Crippen LogP contribution is 2.55. The quantitative estimate of drug-likeness (QED) is 0.192. The number of nitrogens with one attached hydrogen (secondary N) is 1. The second-order valence-corrected chi connectivity index (χ2v) is 16.0. The Balaban J connectivity index is 0.984. The van der Waals surface area contributed by atoms with Gasteiger partial charge in [0.2, 0.25) is 0 Å². The molecule has 4 heteroatoms. The Morgan fingerprint density at radius 2 is 1.32 bits per heavy atom. The topological polar surface area (TPSA) is 46.0 Å². The Kier molecular flexibility index (Phi) is 7.50. The molecular formula is C52H41N3O. The van der Waals surface area contributed by atoms with Gasteiger partial charge in [-0.3, -0.25) is 0 Å². The van der Waals surface area contributed by atoms with Crippen LogP contribution in [-0.2, 0) is 5.41 Å². The van der Waals surface area contributed by atoms with Crippen molar-refractivity contribution in [3.05, 3.63) is 208 Å². The summed E-state index contributed by atoms with van der Waals surface area (Å²) in [6.45, 7) is 4.69. The van der Waals surface area contributed by atoms with Crippen LogP contribution in [0.4, 0.5) is 0 Å². The first-order valence-electron chi connectivity index (χ1n) is 19.8. The van der Waals surface area contributed by atoms with Crippen molar-refractivity contribution in [1.29, 1.82) is 0 Å². The van der Waals surface area contributed by atoms with Gasteiger partial charge in [0.05, 0.1) is 5.92 Å². The predicted molar refractivity (Wildman–Crippen MR) is 228 cm³/mol. The average Bonchev–Trinajstić information content (AvgIpc) is 3.76. The molecule has 2 aliphatic heterocycles. The first kappa shape index (κ1) is 32.9. The van der Waals surface area contributed by atoms with Crippen LogP contribution in [0.25, 0.3) is 33.4 Å². The molecule has 0 spiro atoms. The maximum atomic E-state index is 7.13. The molecule has 0 fully saturated rings. The Hall–Kier alpha value is -6.52. The summed E-state index contributed by atoms with van der Waals surface area (Å²) in [7, 11) is 0.